The molecular weight excluding hydrogens is 420 g/mol. The van der Waals surface area contributed by atoms with Crippen molar-refractivity contribution in [3.8, 4) is 0 Å². The van der Waals surface area contributed by atoms with Crippen molar-refractivity contribution >= 4 is 0 Å². The van der Waals surface area contributed by atoms with Gasteiger partial charge in [0.25, 0.3) is 0 Å². The van der Waals surface area contributed by atoms with Gasteiger partial charge in [0.2, 0.25) is 0 Å². The number of hydrogen-bond donors (Lipinski definition) is 3. The lowest BCUT2D eigenvalue weighted by Crippen LogP contribution is -2.51. The Morgan fingerprint density at radius 1 is 0.515 bits per heavy atom. The van der Waals surface area contributed by atoms with Crippen molar-refractivity contribution in [2.24, 2.45) is 0 Å². The molecule has 176 valence electrons. The van der Waals surface area contributed by atoms with Crippen LogP contribution in [0.3, 0.4) is 0 Å². The smallest absolute Gasteiger partial charge is 0.115 e. The second-order valence-corrected chi connectivity index (χ2v) is 7.79. The number of rotatable bonds is 14. The first-order valence-electron chi connectivity index (χ1n) is 11.1. The molecule has 33 heavy (non-hydrogen) atoms. The van der Waals surface area contributed by atoms with Crippen LogP contribution in [0, 0.1) is 0 Å². The first-order chi connectivity index (χ1) is 16.2. The summed E-state index contributed by atoms with van der Waals surface area (Å²) in [4.78, 5) is 0. The highest BCUT2D eigenvalue weighted by Crippen LogP contribution is 2.21. The van der Waals surface area contributed by atoms with Crippen LogP contribution in [0.15, 0.2) is 91.0 Å². The fourth-order valence-corrected chi connectivity index (χ4v) is 3.50. The SMILES string of the molecule is OC[C@@H](O)[C@@H](OCc1ccccc1)[C@H](OCc1ccccc1)[C@@H](CO)OCc1ccccc1. The fraction of sp³-hybridized carbons (Fsp3) is 0.333. The van der Waals surface area contributed by atoms with E-state index in [0.717, 1.165) is 16.7 Å². The van der Waals surface area contributed by atoms with Gasteiger partial charge < -0.3 is 29.5 Å². The molecular formula is C27H32O6. The Kier molecular flexibility index (Phi) is 10.5. The van der Waals surface area contributed by atoms with Gasteiger partial charge in [-0.05, 0) is 16.7 Å². The molecule has 0 heterocycles. The first-order valence-corrected chi connectivity index (χ1v) is 11.1. The van der Waals surface area contributed by atoms with Crippen LogP contribution in [0.25, 0.3) is 0 Å². The van der Waals surface area contributed by atoms with Gasteiger partial charge in [0.15, 0.2) is 0 Å². The summed E-state index contributed by atoms with van der Waals surface area (Å²) >= 11 is 0. The van der Waals surface area contributed by atoms with Crippen molar-refractivity contribution in [1.82, 2.24) is 0 Å². The maximum Gasteiger partial charge on any atom is 0.115 e. The summed E-state index contributed by atoms with van der Waals surface area (Å²) in [6, 6.07) is 28.8. The lowest BCUT2D eigenvalue weighted by molar-refractivity contribution is -0.190. The molecule has 0 aliphatic heterocycles. The fourth-order valence-electron chi connectivity index (χ4n) is 3.50. The Balaban J connectivity index is 1.78. The molecule has 0 aliphatic carbocycles. The van der Waals surface area contributed by atoms with Crippen LogP contribution in [-0.2, 0) is 34.0 Å². The number of benzene rings is 3. The van der Waals surface area contributed by atoms with Crippen LogP contribution in [0.1, 0.15) is 16.7 Å². The third-order valence-corrected chi connectivity index (χ3v) is 5.31. The zero-order valence-corrected chi connectivity index (χ0v) is 18.6. The molecule has 0 saturated carbocycles. The van der Waals surface area contributed by atoms with Crippen molar-refractivity contribution in [3.05, 3.63) is 108 Å². The highest BCUT2D eigenvalue weighted by molar-refractivity contribution is 5.15. The number of ether oxygens (including phenoxy) is 3. The van der Waals surface area contributed by atoms with E-state index in [1.807, 2.05) is 91.0 Å². The minimum absolute atomic E-state index is 0.213. The Labute approximate surface area is 195 Å². The summed E-state index contributed by atoms with van der Waals surface area (Å²) in [5, 5.41) is 30.5. The van der Waals surface area contributed by atoms with E-state index < -0.39 is 31.0 Å². The maximum atomic E-state index is 10.6. The molecule has 0 spiro atoms. The van der Waals surface area contributed by atoms with E-state index in [9.17, 15) is 15.3 Å². The van der Waals surface area contributed by atoms with Crippen LogP contribution >= 0.6 is 0 Å². The second-order valence-electron chi connectivity index (χ2n) is 7.79. The van der Waals surface area contributed by atoms with Gasteiger partial charge in [0.1, 0.15) is 24.4 Å². The van der Waals surface area contributed by atoms with Gasteiger partial charge in [-0.25, -0.2) is 0 Å². The minimum atomic E-state index is -1.22. The van der Waals surface area contributed by atoms with Gasteiger partial charge in [0.05, 0.1) is 33.0 Å². The predicted octanol–water partition coefficient (Wildman–Crippen LogP) is 3.09. The molecule has 0 radical (unpaired) electrons. The van der Waals surface area contributed by atoms with Gasteiger partial charge in [-0.1, -0.05) is 91.0 Å². The molecule has 0 aliphatic rings. The highest BCUT2D eigenvalue weighted by atomic mass is 16.6. The largest absolute Gasteiger partial charge is 0.394 e. The Morgan fingerprint density at radius 3 is 1.30 bits per heavy atom. The molecule has 3 aromatic rings. The molecule has 6 nitrogen and oxygen atoms in total. The van der Waals surface area contributed by atoms with Crippen LogP contribution < -0.4 is 0 Å². The van der Waals surface area contributed by atoms with E-state index in [1.165, 1.54) is 0 Å². The molecule has 3 N–H and O–H groups in total. The summed E-state index contributed by atoms with van der Waals surface area (Å²) in [5.74, 6) is 0. The number of aliphatic hydroxyl groups is 3. The van der Waals surface area contributed by atoms with E-state index in [4.69, 9.17) is 14.2 Å². The number of aliphatic hydroxyl groups excluding tert-OH is 3. The zero-order chi connectivity index (χ0) is 23.3. The van der Waals surface area contributed by atoms with Gasteiger partial charge >= 0.3 is 0 Å². The summed E-state index contributed by atoms with van der Waals surface area (Å²) < 4.78 is 18.2. The summed E-state index contributed by atoms with van der Waals surface area (Å²) in [5.41, 5.74) is 2.80. The molecule has 0 aromatic heterocycles. The lowest BCUT2D eigenvalue weighted by atomic mass is 10.0. The van der Waals surface area contributed by atoms with Crippen LogP contribution in [0.5, 0.6) is 0 Å². The Bertz CT molecular complexity index is 890. The average Bonchev–Trinajstić information content (AvgIpc) is 2.88. The van der Waals surface area contributed by atoms with E-state index in [1.54, 1.807) is 0 Å². The molecule has 0 unspecified atom stereocenters. The van der Waals surface area contributed by atoms with Crippen LogP contribution in [0.4, 0.5) is 0 Å². The molecule has 6 heteroatoms. The quantitative estimate of drug-likeness (QED) is 0.348. The van der Waals surface area contributed by atoms with E-state index in [2.05, 4.69) is 0 Å². The molecule has 0 amide bonds. The van der Waals surface area contributed by atoms with E-state index in [0.29, 0.717) is 0 Å². The third kappa shape index (κ3) is 8.05. The number of hydrogen-bond acceptors (Lipinski definition) is 6. The zero-order valence-electron chi connectivity index (χ0n) is 18.6. The van der Waals surface area contributed by atoms with E-state index >= 15 is 0 Å². The Hall–Kier alpha value is -2.58. The highest BCUT2D eigenvalue weighted by Gasteiger charge is 2.36. The minimum Gasteiger partial charge on any atom is -0.394 e. The second kappa shape index (κ2) is 13.9. The van der Waals surface area contributed by atoms with Gasteiger partial charge in [0, 0.05) is 0 Å². The van der Waals surface area contributed by atoms with Crippen molar-refractivity contribution in [3.63, 3.8) is 0 Å². The maximum absolute atomic E-state index is 10.6. The van der Waals surface area contributed by atoms with Crippen molar-refractivity contribution in [1.29, 1.82) is 0 Å². The van der Waals surface area contributed by atoms with Crippen LogP contribution in [-0.4, -0.2) is 52.9 Å². The molecule has 4 atom stereocenters. The molecule has 3 aromatic carbocycles. The van der Waals surface area contributed by atoms with Gasteiger partial charge in [-0.3, -0.25) is 0 Å². The van der Waals surface area contributed by atoms with Crippen molar-refractivity contribution in [2.45, 2.75) is 44.2 Å². The third-order valence-electron chi connectivity index (χ3n) is 5.31. The van der Waals surface area contributed by atoms with Crippen molar-refractivity contribution in [2.75, 3.05) is 13.2 Å². The molecule has 0 saturated heterocycles. The normalized spacial score (nSPS) is 15.0. The summed E-state index contributed by atoms with van der Waals surface area (Å²) in [6.07, 6.45) is -3.75. The average molecular weight is 453 g/mol. The predicted molar refractivity (Wildman–Crippen MR) is 125 cm³/mol. The van der Waals surface area contributed by atoms with E-state index in [-0.39, 0.29) is 26.4 Å². The topological polar surface area (TPSA) is 88.4 Å². The standard InChI is InChI=1S/C27H32O6/c28-16-24(30)26(32-19-22-12-6-2-7-13-22)27(33-20-23-14-8-3-9-15-23)25(17-29)31-18-21-10-4-1-5-11-21/h1-15,24-30H,16-20H2/t24-,25-,26-,27-/m1/s1. The molecule has 3 rings (SSSR count). The van der Waals surface area contributed by atoms with Gasteiger partial charge in [-0.2, -0.15) is 0 Å². The first kappa shape index (κ1) is 25.1. The van der Waals surface area contributed by atoms with Crippen LogP contribution in [0.2, 0.25) is 0 Å². The Morgan fingerprint density at radius 2 is 0.909 bits per heavy atom. The monoisotopic (exact) mass is 452 g/mol. The molecule has 0 fully saturated rings. The molecule has 0 bridgehead atoms. The van der Waals surface area contributed by atoms with Crippen molar-refractivity contribution < 1.29 is 29.5 Å². The van der Waals surface area contributed by atoms with Gasteiger partial charge in [-0.15, -0.1) is 0 Å². The lowest BCUT2D eigenvalue weighted by Gasteiger charge is -2.35. The summed E-state index contributed by atoms with van der Waals surface area (Å²) in [7, 11) is 0. The summed E-state index contributed by atoms with van der Waals surface area (Å²) in [6.45, 7) is -0.139.